The molecule has 120 valence electrons. The molecule has 0 radical (unpaired) electrons. The van der Waals surface area contributed by atoms with Crippen LogP contribution in [0.3, 0.4) is 0 Å². The molecule has 1 saturated heterocycles. The molecule has 4 nitrogen and oxygen atoms in total. The van der Waals surface area contributed by atoms with Gasteiger partial charge in [0.25, 0.3) is 5.91 Å². The Bertz CT molecular complexity index is 683. The van der Waals surface area contributed by atoms with Crippen molar-refractivity contribution in [2.45, 2.75) is 6.61 Å². The number of amides is 1. The van der Waals surface area contributed by atoms with Crippen molar-refractivity contribution in [1.29, 1.82) is 0 Å². The van der Waals surface area contributed by atoms with E-state index in [1.165, 1.54) is 0 Å². The van der Waals surface area contributed by atoms with Gasteiger partial charge in [0, 0.05) is 23.7 Å². The third kappa shape index (κ3) is 3.84. The second-order valence-corrected chi connectivity index (χ2v) is 5.69. The van der Waals surface area contributed by atoms with Crippen LogP contribution in [0.4, 0.5) is 0 Å². The number of nitrogens with zero attached hydrogens (tertiary/aromatic N) is 1. The van der Waals surface area contributed by atoms with Crippen molar-refractivity contribution < 1.29 is 14.3 Å². The average molecular weight is 332 g/mol. The summed E-state index contributed by atoms with van der Waals surface area (Å²) in [5, 5.41) is 0.657. The normalized spacial score (nSPS) is 14.6. The monoisotopic (exact) mass is 331 g/mol. The molecule has 1 heterocycles. The van der Waals surface area contributed by atoms with E-state index in [0.29, 0.717) is 49.2 Å². The number of hydrogen-bond acceptors (Lipinski definition) is 3. The molecular weight excluding hydrogens is 314 g/mol. The van der Waals surface area contributed by atoms with Crippen LogP contribution in [0.25, 0.3) is 0 Å². The number of morpholine rings is 1. The van der Waals surface area contributed by atoms with Crippen LogP contribution >= 0.6 is 11.6 Å². The van der Waals surface area contributed by atoms with Crippen LogP contribution in [0, 0.1) is 0 Å². The van der Waals surface area contributed by atoms with Crippen LogP contribution in [0.1, 0.15) is 15.9 Å². The quantitative estimate of drug-likeness (QED) is 0.862. The van der Waals surface area contributed by atoms with Crippen LogP contribution in [-0.4, -0.2) is 37.1 Å². The molecule has 2 aromatic carbocycles. The van der Waals surface area contributed by atoms with Gasteiger partial charge < -0.3 is 14.4 Å². The lowest BCUT2D eigenvalue weighted by Gasteiger charge is -2.27. The summed E-state index contributed by atoms with van der Waals surface area (Å²) in [6, 6.07) is 14.8. The molecule has 0 unspecified atom stereocenters. The second kappa shape index (κ2) is 7.49. The molecule has 1 amide bonds. The summed E-state index contributed by atoms with van der Waals surface area (Å²) in [5.41, 5.74) is 1.46. The summed E-state index contributed by atoms with van der Waals surface area (Å²) in [4.78, 5) is 14.5. The summed E-state index contributed by atoms with van der Waals surface area (Å²) in [6.45, 7) is 2.70. The standard InChI is InChI=1S/C18H18ClNO3/c19-16-7-3-1-5-14(16)13-23-17-8-4-2-6-15(17)18(21)20-9-11-22-12-10-20/h1-8H,9-13H2. The summed E-state index contributed by atoms with van der Waals surface area (Å²) in [5.74, 6) is 0.548. The number of carbonyl (C=O) groups excluding carboxylic acids is 1. The number of halogens is 1. The van der Waals surface area contributed by atoms with E-state index in [9.17, 15) is 4.79 Å². The van der Waals surface area contributed by atoms with Crippen molar-refractivity contribution in [3.05, 3.63) is 64.7 Å². The number of benzene rings is 2. The highest BCUT2D eigenvalue weighted by atomic mass is 35.5. The minimum Gasteiger partial charge on any atom is -0.488 e. The average Bonchev–Trinajstić information content (AvgIpc) is 2.61. The third-order valence-electron chi connectivity index (χ3n) is 3.76. The Morgan fingerprint density at radius 1 is 1.09 bits per heavy atom. The first-order valence-electron chi connectivity index (χ1n) is 7.58. The van der Waals surface area contributed by atoms with Gasteiger partial charge in [-0.1, -0.05) is 41.9 Å². The number of carbonyl (C=O) groups is 1. The van der Waals surface area contributed by atoms with Crippen molar-refractivity contribution in [3.8, 4) is 5.75 Å². The van der Waals surface area contributed by atoms with Crippen molar-refractivity contribution in [2.75, 3.05) is 26.3 Å². The Hall–Kier alpha value is -2.04. The molecule has 0 bridgehead atoms. The molecule has 1 aliphatic rings. The number of rotatable bonds is 4. The Balaban J connectivity index is 1.75. The summed E-state index contributed by atoms with van der Waals surface area (Å²) in [6.07, 6.45) is 0. The largest absolute Gasteiger partial charge is 0.488 e. The highest BCUT2D eigenvalue weighted by Gasteiger charge is 2.21. The Morgan fingerprint density at radius 2 is 1.78 bits per heavy atom. The maximum absolute atomic E-state index is 12.7. The Labute approximate surface area is 140 Å². The molecule has 2 aromatic rings. The van der Waals surface area contributed by atoms with Gasteiger partial charge in [-0.3, -0.25) is 4.79 Å². The van der Waals surface area contributed by atoms with Crippen LogP contribution in [-0.2, 0) is 11.3 Å². The first kappa shape index (κ1) is 15.8. The molecule has 0 aliphatic carbocycles. The maximum atomic E-state index is 12.7. The van der Waals surface area contributed by atoms with E-state index in [1.54, 1.807) is 11.0 Å². The molecule has 0 atom stereocenters. The minimum absolute atomic E-state index is 0.0249. The first-order chi connectivity index (χ1) is 11.3. The fraction of sp³-hybridized carbons (Fsp3) is 0.278. The van der Waals surface area contributed by atoms with Crippen LogP contribution in [0.2, 0.25) is 5.02 Å². The van der Waals surface area contributed by atoms with Gasteiger partial charge in [0.2, 0.25) is 0 Å². The molecule has 1 fully saturated rings. The lowest BCUT2D eigenvalue weighted by atomic mass is 10.1. The molecule has 3 rings (SSSR count). The molecule has 23 heavy (non-hydrogen) atoms. The van der Waals surface area contributed by atoms with E-state index in [-0.39, 0.29) is 5.91 Å². The van der Waals surface area contributed by atoms with E-state index < -0.39 is 0 Å². The van der Waals surface area contributed by atoms with Crippen LogP contribution in [0.5, 0.6) is 5.75 Å². The van der Waals surface area contributed by atoms with Crippen molar-refractivity contribution in [3.63, 3.8) is 0 Å². The SMILES string of the molecule is O=C(c1ccccc1OCc1ccccc1Cl)N1CCOCC1. The topological polar surface area (TPSA) is 38.8 Å². The molecule has 5 heteroatoms. The molecule has 0 saturated carbocycles. The summed E-state index contributed by atoms with van der Waals surface area (Å²) >= 11 is 6.15. The van der Waals surface area contributed by atoms with Gasteiger partial charge in [0.15, 0.2) is 0 Å². The highest BCUT2D eigenvalue weighted by Crippen LogP contribution is 2.23. The van der Waals surface area contributed by atoms with Gasteiger partial charge in [-0.2, -0.15) is 0 Å². The van der Waals surface area contributed by atoms with E-state index in [4.69, 9.17) is 21.1 Å². The summed E-state index contributed by atoms with van der Waals surface area (Å²) < 4.78 is 11.1. The molecule has 0 spiro atoms. The molecule has 0 aromatic heterocycles. The molecule has 1 aliphatic heterocycles. The maximum Gasteiger partial charge on any atom is 0.257 e. The van der Waals surface area contributed by atoms with Gasteiger partial charge >= 0.3 is 0 Å². The lowest BCUT2D eigenvalue weighted by Crippen LogP contribution is -2.40. The van der Waals surface area contributed by atoms with Gasteiger partial charge in [-0.15, -0.1) is 0 Å². The minimum atomic E-state index is -0.0249. The van der Waals surface area contributed by atoms with Crippen molar-refractivity contribution >= 4 is 17.5 Å². The van der Waals surface area contributed by atoms with Crippen molar-refractivity contribution in [2.24, 2.45) is 0 Å². The van der Waals surface area contributed by atoms with Crippen LogP contribution in [0.15, 0.2) is 48.5 Å². The Kier molecular flexibility index (Phi) is 5.16. The van der Waals surface area contributed by atoms with Gasteiger partial charge in [-0.25, -0.2) is 0 Å². The van der Waals surface area contributed by atoms with Gasteiger partial charge in [0.1, 0.15) is 12.4 Å². The third-order valence-corrected chi connectivity index (χ3v) is 4.13. The fourth-order valence-electron chi connectivity index (χ4n) is 2.48. The highest BCUT2D eigenvalue weighted by molar-refractivity contribution is 6.31. The van der Waals surface area contributed by atoms with Gasteiger partial charge in [-0.05, 0) is 18.2 Å². The number of para-hydroxylation sites is 1. The lowest BCUT2D eigenvalue weighted by molar-refractivity contribution is 0.0300. The predicted octanol–water partition coefficient (Wildman–Crippen LogP) is 3.39. The Morgan fingerprint density at radius 3 is 2.57 bits per heavy atom. The second-order valence-electron chi connectivity index (χ2n) is 5.28. The van der Waals surface area contributed by atoms with E-state index in [1.807, 2.05) is 42.5 Å². The van der Waals surface area contributed by atoms with Gasteiger partial charge in [0.05, 0.1) is 18.8 Å². The summed E-state index contributed by atoms with van der Waals surface area (Å²) in [7, 11) is 0. The number of ether oxygens (including phenoxy) is 2. The zero-order valence-electron chi connectivity index (χ0n) is 12.7. The molecular formula is C18H18ClNO3. The van der Waals surface area contributed by atoms with E-state index in [2.05, 4.69) is 0 Å². The predicted molar refractivity (Wildman–Crippen MR) is 88.9 cm³/mol. The smallest absolute Gasteiger partial charge is 0.257 e. The zero-order chi connectivity index (χ0) is 16.1. The first-order valence-corrected chi connectivity index (χ1v) is 7.96. The van der Waals surface area contributed by atoms with Crippen LogP contribution < -0.4 is 4.74 Å². The van der Waals surface area contributed by atoms with E-state index in [0.717, 1.165) is 5.56 Å². The van der Waals surface area contributed by atoms with Crippen molar-refractivity contribution in [1.82, 2.24) is 4.90 Å². The zero-order valence-corrected chi connectivity index (χ0v) is 13.5. The fourth-order valence-corrected chi connectivity index (χ4v) is 2.67. The van der Waals surface area contributed by atoms with E-state index >= 15 is 0 Å². The number of hydrogen-bond donors (Lipinski definition) is 0. The molecule has 0 N–H and O–H groups in total.